The molecule has 0 saturated heterocycles. The van der Waals surface area contributed by atoms with E-state index in [0.29, 0.717) is 12.7 Å². The number of oxime groups is 1. The Kier molecular flexibility index (Phi) is 4.59. The van der Waals surface area contributed by atoms with E-state index in [1.54, 1.807) is 0 Å². The molecule has 0 atom stereocenters. The summed E-state index contributed by atoms with van der Waals surface area (Å²) in [5.41, 5.74) is 7.37. The topological polar surface area (TPSA) is 67.8 Å². The Labute approximate surface area is 107 Å². The summed E-state index contributed by atoms with van der Waals surface area (Å²) < 4.78 is 5.91. The number of ether oxygens (including phenoxy) is 1. The quantitative estimate of drug-likeness (QED) is 0.372. The zero-order valence-corrected chi connectivity index (χ0v) is 10.5. The van der Waals surface area contributed by atoms with Gasteiger partial charge in [0, 0.05) is 5.56 Å². The van der Waals surface area contributed by atoms with Gasteiger partial charge in [-0.3, -0.25) is 0 Å². The predicted molar refractivity (Wildman–Crippen MR) is 70.6 cm³/mol. The number of nitrogens with zero attached hydrogens (tertiary/aromatic N) is 1. The first kappa shape index (κ1) is 12.9. The minimum absolute atomic E-state index is 0.137. The monoisotopic (exact) mass is 248 g/mol. The van der Waals surface area contributed by atoms with Crippen molar-refractivity contribution in [3.05, 3.63) is 35.4 Å². The van der Waals surface area contributed by atoms with Crippen molar-refractivity contribution in [3.63, 3.8) is 0 Å². The highest BCUT2D eigenvalue weighted by molar-refractivity contribution is 5.98. The molecule has 98 valence electrons. The van der Waals surface area contributed by atoms with E-state index in [2.05, 4.69) is 5.16 Å². The lowest BCUT2D eigenvalue weighted by atomic mass is 9.97. The van der Waals surface area contributed by atoms with Crippen LogP contribution in [-0.2, 0) is 11.3 Å². The van der Waals surface area contributed by atoms with Gasteiger partial charge in [-0.15, -0.1) is 0 Å². The Morgan fingerprint density at radius 2 is 2.00 bits per heavy atom. The van der Waals surface area contributed by atoms with Crippen molar-refractivity contribution in [2.24, 2.45) is 10.9 Å². The Hall–Kier alpha value is -1.55. The fourth-order valence-corrected chi connectivity index (χ4v) is 2.39. The Morgan fingerprint density at radius 1 is 1.28 bits per heavy atom. The van der Waals surface area contributed by atoms with Gasteiger partial charge < -0.3 is 15.7 Å². The van der Waals surface area contributed by atoms with Gasteiger partial charge in [0.25, 0.3) is 0 Å². The van der Waals surface area contributed by atoms with Crippen LogP contribution < -0.4 is 5.73 Å². The van der Waals surface area contributed by atoms with Crippen LogP contribution in [0.1, 0.15) is 43.2 Å². The third-order valence-electron chi connectivity index (χ3n) is 3.43. The second kappa shape index (κ2) is 6.40. The summed E-state index contributed by atoms with van der Waals surface area (Å²) in [6.45, 7) is 0.525. The molecule has 2 rings (SSSR count). The number of benzene rings is 1. The van der Waals surface area contributed by atoms with E-state index in [4.69, 9.17) is 15.7 Å². The first-order chi connectivity index (χ1) is 8.81. The molecule has 0 aliphatic heterocycles. The molecule has 0 aromatic heterocycles. The Balaban J connectivity index is 2.00. The Morgan fingerprint density at radius 3 is 2.72 bits per heavy atom. The molecule has 1 aliphatic rings. The molecule has 18 heavy (non-hydrogen) atoms. The highest BCUT2D eigenvalue weighted by Gasteiger charge is 2.15. The van der Waals surface area contributed by atoms with Gasteiger partial charge >= 0.3 is 0 Å². The molecule has 1 fully saturated rings. The van der Waals surface area contributed by atoms with E-state index in [1.807, 2.05) is 24.3 Å². The number of amidine groups is 1. The largest absolute Gasteiger partial charge is 0.409 e. The van der Waals surface area contributed by atoms with Crippen molar-refractivity contribution in [2.45, 2.75) is 44.8 Å². The average molecular weight is 248 g/mol. The fourth-order valence-electron chi connectivity index (χ4n) is 2.39. The summed E-state index contributed by atoms with van der Waals surface area (Å²) >= 11 is 0. The molecule has 1 aliphatic carbocycles. The normalized spacial score (nSPS) is 17.9. The fraction of sp³-hybridized carbons (Fsp3) is 0.500. The smallest absolute Gasteiger partial charge is 0.170 e. The van der Waals surface area contributed by atoms with Crippen LogP contribution in [0.5, 0.6) is 0 Å². The van der Waals surface area contributed by atoms with Crippen molar-refractivity contribution in [1.29, 1.82) is 0 Å². The minimum atomic E-state index is 0.137. The summed E-state index contributed by atoms with van der Waals surface area (Å²) in [5.74, 6) is 0.137. The van der Waals surface area contributed by atoms with E-state index >= 15 is 0 Å². The second-order valence-electron chi connectivity index (χ2n) is 4.71. The van der Waals surface area contributed by atoms with E-state index < -0.39 is 0 Å². The van der Waals surface area contributed by atoms with Crippen LogP contribution in [0.25, 0.3) is 0 Å². The highest BCUT2D eigenvalue weighted by Crippen LogP contribution is 2.22. The molecule has 0 spiro atoms. The van der Waals surface area contributed by atoms with Crippen LogP contribution in [0.2, 0.25) is 0 Å². The highest BCUT2D eigenvalue weighted by atomic mass is 16.5. The summed E-state index contributed by atoms with van der Waals surface area (Å²) in [6.07, 6.45) is 6.48. The molecule has 4 heteroatoms. The van der Waals surface area contributed by atoms with Crippen LogP contribution in [0, 0.1) is 0 Å². The lowest BCUT2D eigenvalue weighted by molar-refractivity contribution is 0.0168. The molecule has 0 bridgehead atoms. The zero-order chi connectivity index (χ0) is 12.8. The van der Waals surface area contributed by atoms with Gasteiger partial charge in [0.1, 0.15) is 0 Å². The van der Waals surface area contributed by atoms with Crippen molar-refractivity contribution in [3.8, 4) is 0 Å². The summed E-state index contributed by atoms with van der Waals surface area (Å²) in [4.78, 5) is 0. The van der Waals surface area contributed by atoms with Crippen LogP contribution in [-0.4, -0.2) is 17.1 Å². The molecule has 0 amide bonds. The van der Waals surface area contributed by atoms with Gasteiger partial charge in [-0.25, -0.2) is 0 Å². The molecular formula is C14H20N2O2. The third kappa shape index (κ3) is 3.23. The van der Waals surface area contributed by atoms with Crippen molar-refractivity contribution in [1.82, 2.24) is 0 Å². The molecule has 4 nitrogen and oxygen atoms in total. The molecule has 0 heterocycles. The first-order valence-corrected chi connectivity index (χ1v) is 6.48. The summed E-state index contributed by atoms with van der Waals surface area (Å²) in [7, 11) is 0. The summed E-state index contributed by atoms with van der Waals surface area (Å²) in [5, 5.41) is 11.8. The third-order valence-corrected chi connectivity index (χ3v) is 3.43. The standard InChI is InChI=1S/C14H20N2O2/c15-14(16-17)13-9-5-4-6-11(13)10-18-12-7-2-1-3-8-12/h4-6,9,12,17H,1-3,7-8,10H2,(H2,15,16). The van der Waals surface area contributed by atoms with Gasteiger partial charge in [0.05, 0.1) is 12.7 Å². The van der Waals surface area contributed by atoms with Gasteiger partial charge in [-0.2, -0.15) is 0 Å². The molecule has 1 saturated carbocycles. The van der Waals surface area contributed by atoms with Gasteiger partial charge in [0.15, 0.2) is 5.84 Å². The maximum atomic E-state index is 8.75. The maximum Gasteiger partial charge on any atom is 0.170 e. The number of hydrogen-bond acceptors (Lipinski definition) is 3. The zero-order valence-electron chi connectivity index (χ0n) is 10.5. The van der Waals surface area contributed by atoms with E-state index in [0.717, 1.165) is 24.0 Å². The van der Waals surface area contributed by atoms with Crippen molar-refractivity contribution >= 4 is 5.84 Å². The minimum Gasteiger partial charge on any atom is -0.409 e. The predicted octanol–water partition coefficient (Wildman–Crippen LogP) is 2.63. The van der Waals surface area contributed by atoms with E-state index in [-0.39, 0.29) is 5.84 Å². The van der Waals surface area contributed by atoms with Crippen LogP contribution in [0.3, 0.4) is 0 Å². The summed E-state index contributed by atoms with van der Waals surface area (Å²) in [6, 6.07) is 7.61. The van der Waals surface area contributed by atoms with Crippen LogP contribution in [0.15, 0.2) is 29.4 Å². The lowest BCUT2D eigenvalue weighted by Gasteiger charge is -2.22. The molecule has 1 aromatic rings. The number of rotatable bonds is 4. The molecular weight excluding hydrogens is 228 g/mol. The first-order valence-electron chi connectivity index (χ1n) is 6.48. The number of nitrogens with two attached hydrogens (primary N) is 1. The van der Waals surface area contributed by atoms with Crippen LogP contribution in [0.4, 0.5) is 0 Å². The average Bonchev–Trinajstić information content (AvgIpc) is 2.45. The van der Waals surface area contributed by atoms with E-state index in [1.165, 1.54) is 19.3 Å². The molecule has 0 unspecified atom stereocenters. The van der Waals surface area contributed by atoms with Crippen LogP contribution >= 0.6 is 0 Å². The van der Waals surface area contributed by atoms with Gasteiger partial charge in [-0.1, -0.05) is 48.7 Å². The SMILES string of the molecule is N/C(=N\O)c1ccccc1COC1CCCCC1. The maximum absolute atomic E-state index is 8.75. The van der Waals surface area contributed by atoms with Gasteiger partial charge in [0.2, 0.25) is 0 Å². The number of hydrogen-bond donors (Lipinski definition) is 2. The van der Waals surface area contributed by atoms with Crippen molar-refractivity contribution in [2.75, 3.05) is 0 Å². The molecule has 1 aromatic carbocycles. The lowest BCUT2D eigenvalue weighted by Crippen LogP contribution is -2.19. The second-order valence-corrected chi connectivity index (χ2v) is 4.71. The van der Waals surface area contributed by atoms with E-state index in [9.17, 15) is 0 Å². The van der Waals surface area contributed by atoms with Gasteiger partial charge in [-0.05, 0) is 18.4 Å². The molecule has 3 N–H and O–H groups in total. The molecule has 0 radical (unpaired) electrons. The Bertz CT molecular complexity index is 412. The van der Waals surface area contributed by atoms with Crippen molar-refractivity contribution < 1.29 is 9.94 Å².